The molecule has 6 heteroatoms. The Morgan fingerprint density at radius 2 is 1.69 bits per heavy atom. The van der Waals surface area contributed by atoms with Crippen molar-refractivity contribution in [3.8, 4) is 0 Å². The van der Waals surface area contributed by atoms with Crippen LogP contribution in [0, 0.1) is 12.7 Å². The minimum atomic E-state index is -0.375. The third-order valence-corrected chi connectivity index (χ3v) is 6.22. The molecule has 0 bridgehead atoms. The lowest BCUT2D eigenvalue weighted by Gasteiger charge is -2.26. The quantitative estimate of drug-likeness (QED) is 0.508. The monoisotopic (exact) mass is 427 g/mol. The summed E-state index contributed by atoms with van der Waals surface area (Å²) < 4.78 is 15.3. The molecule has 0 radical (unpaired) electrons. The zero-order valence-corrected chi connectivity index (χ0v) is 17.8. The summed E-state index contributed by atoms with van der Waals surface area (Å²) in [6, 6.07) is 20.8. The molecule has 0 saturated heterocycles. The largest absolute Gasteiger partial charge is 0.348 e. The lowest BCUT2D eigenvalue weighted by atomic mass is 9.95. The van der Waals surface area contributed by atoms with Gasteiger partial charge in [-0.1, -0.05) is 36.4 Å². The molecule has 32 heavy (non-hydrogen) atoms. The Bertz CT molecular complexity index is 1360. The van der Waals surface area contributed by atoms with Gasteiger partial charge in [0.15, 0.2) is 0 Å². The number of carbonyl (C=O) groups is 2. The summed E-state index contributed by atoms with van der Waals surface area (Å²) in [6.45, 7) is 1.93. The number of nitrogens with one attached hydrogen (secondary N) is 1. The van der Waals surface area contributed by atoms with E-state index in [0.29, 0.717) is 11.3 Å². The Kier molecular flexibility index (Phi) is 4.78. The van der Waals surface area contributed by atoms with Crippen LogP contribution < -0.4 is 5.32 Å². The van der Waals surface area contributed by atoms with Crippen molar-refractivity contribution in [2.75, 3.05) is 11.9 Å². The Hall–Kier alpha value is -3.93. The molecule has 1 atom stereocenters. The highest BCUT2D eigenvalue weighted by atomic mass is 19.1. The van der Waals surface area contributed by atoms with E-state index in [1.54, 1.807) is 4.90 Å². The molecule has 4 aromatic rings. The number of halogens is 1. The molecule has 1 aliphatic rings. The summed E-state index contributed by atoms with van der Waals surface area (Å²) in [7, 11) is 2.01. The van der Waals surface area contributed by atoms with Gasteiger partial charge in [-0.25, -0.2) is 4.39 Å². The van der Waals surface area contributed by atoms with Gasteiger partial charge in [-0.2, -0.15) is 0 Å². The molecule has 2 amide bonds. The summed E-state index contributed by atoms with van der Waals surface area (Å²) in [5, 5.41) is 3.83. The third-order valence-electron chi connectivity index (χ3n) is 6.22. The third kappa shape index (κ3) is 3.15. The first kappa shape index (κ1) is 20.0. The summed E-state index contributed by atoms with van der Waals surface area (Å²) in [6.07, 6.45) is 0. The van der Waals surface area contributed by atoms with E-state index in [-0.39, 0.29) is 30.2 Å². The maximum atomic E-state index is 13.4. The normalized spacial score (nSPS) is 15.3. The lowest BCUT2D eigenvalue weighted by Crippen LogP contribution is -2.36. The van der Waals surface area contributed by atoms with E-state index in [9.17, 15) is 14.0 Å². The first-order valence-corrected chi connectivity index (χ1v) is 10.4. The molecule has 160 valence electrons. The Morgan fingerprint density at radius 1 is 1.00 bits per heavy atom. The SMILES string of the molecule is Cc1c(C2c3ccccc3C(=O)N2CC(=O)Nc2ccc(F)cc2)c2ccccc2n1C. The van der Waals surface area contributed by atoms with E-state index >= 15 is 0 Å². The minimum Gasteiger partial charge on any atom is -0.348 e. The average molecular weight is 427 g/mol. The van der Waals surface area contributed by atoms with E-state index < -0.39 is 0 Å². The maximum Gasteiger partial charge on any atom is 0.255 e. The number of hydrogen-bond donors (Lipinski definition) is 1. The second-order valence-electron chi connectivity index (χ2n) is 8.05. The van der Waals surface area contributed by atoms with E-state index in [1.807, 2.05) is 50.4 Å². The van der Waals surface area contributed by atoms with E-state index in [2.05, 4.69) is 22.0 Å². The number of benzene rings is 3. The molecule has 0 spiro atoms. The fourth-order valence-corrected chi connectivity index (χ4v) is 4.63. The lowest BCUT2D eigenvalue weighted by molar-refractivity contribution is -0.117. The number of nitrogens with zero attached hydrogens (tertiary/aromatic N) is 2. The highest BCUT2D eigenvalue weighted by Gasteiger charge is 2.40. The van der Waals surface area contributed by atoms with E-state index in [4.69, 9.17) is 0 Å². The zero-order valence-electron chi connectivity index (χ0n) is 17.8. The van der Waals surface area contributed by atoms with Gasteiger partial charge >= 0.3 is 0 Å². The number of anilines is 1. The molecule has 1 unspecified atom stereocenters. The molecule has 1 aliphatic heterocycles. The molecular weight excluding hydrogens is 405 g/mol. The van der Waals surface area contributed by atoms with E-state index in [1.165, 1.54) is 24.3 Å². The number of aromatic nitrogens is 1. The van der Waals surface area contributed by atoms with Crippen LogP contribution in [0.5, 0.6) is 0 Å². The highest BCUT2D eigenvalue weighted by molar-refractivity contribution is 6.04. The van der Waals surface area contributed by atoms with Crippen molar-refractivity contribution in [3.63, 3.8) is 0 Å². The fraction of sp³-hybridized carbons (Fsp3) is 0.154. The van der Waals surface area contributed by atoms with Gasteiger partial charge < -0.3 is 14.8 Å². The second kappa shape index (κ2) is 7.64. The Morgan fingerprint density at radius 3 is 2.47 bits per heavy atom. The van der Waals surface area contributed by atoms with Crippen LogP contribution in [0.3, 0.4) is 0 Å². The van der Waals surface area contributed by atoms with Crippen molar-refractivity contribution in [1.29, 1.82) is 0 Å². The fourth-order valence-electron chi connectivity index (χ4n) is 4.63. The predicted octanol–water partition coefficient (Wildman–Crippen LogP) is 4.81. The maximum absolute atomic E-state index is 13.4. The summed E-state index contributed by atoms with van der Waals surface area (Å²) in [5.74, 6) is -0.882. The second-order valence-corrected chi connectivity index (χ2v) is 8.05. The van der Waals surface area contributed by atoms with Gasteiger partial charge in [0.05, 0.1) is 6.04 Å². The Labute approximate surface area is 185 Å². The summed E-state index contributed by atoms with van der Waals surface area (Å²) >= 11 is 0. The molecule has 0 aliphatic carbocycles. The number of aryl methyl sites for hydroxylation is 1. The molecule has 1 aromatic heterocycles. The van der Waals surface area contributed by atoms with Crippen LogP contribution in [-0.2, 0) is 11.8 Å². The van der Waals surface area contributed by atoms with Crippen LogP contribution >= 0.6 is 0 Å². The smallest absolute Gasteiger partial charge is 0.255 e. The van der Waals surface area contributed by atoms with Crippen molar-refractivity contribution < 1.29 is 14.0 Å². The molecule has 5 rings (SSSR count). The van der Waals surface area contributed by atoms with Crippen molar-refractivity contribution >= 4 is 28.4 Å². The first-order valence-electron chi connectivity index (χ1n) is 10.4. The van der Waals surface area contributed by atoms with Gasteiger partial charge in [0, 0.05) is 40.5 Å². The van der Waals surface area contributed by atoms with Gasteiger partial charge in [0.2, 0.25) is 5.91 Å². The van der Waals surface area contributed by atoms with Gasteiger partial charge in [0.25, 0.3) is 5.91 Å². The molecule has 1 N–H and O–H groups in total. The van der Waals surface area contributed by atoms with Gasteiger partial charge in [0.1, 0.15) is 12.4 Å². The van der Waals surface area contributed by atoms with Gasteiger partial charge in [-0.05, 0) is 48.9 Å². The van der Waals surface area contributed by atoms with Crippen molar-refractivity contribution in [1.82, 2.24) is 9.47 Å². The van der Waals surface area contributed by atoms with E-state index in [0.717, 1.165) is 27.7 Å². The summed E-state index contributed by atoms with van der Waals surface area (Å²) in [5.41, 5.74) is 5.14. The van der Waals surface area contributed by atoms with Crippen LogP contribution in [0.4, 0.5) is 10.1 Å². The molecule has 3 aromatic carbocycles. The predicted molar refractivity (Wildman–Crippen MR) is 122 cm³/mol. The van der Waals surface area contributed by atoms with Crippen molar-refractivity contribution in [2.24, 2.45) is 7.05 Å². The van der Waals surface area contributed by atoms with Crippen molar-refractivity contribution in [2.45, 2.75) is 13.0 Å². The van der Waals surface area contributed by atoms with Crippen LogP contribution in [0.2, 0.25) is 0 Å². The minimum absolute atomic E-state index is 0.113. The van der Waals surface area contributed by atoms with Crippen LogP contribution in [-0.4, -0.2) is 27.8 Å². The van der Waals surface area contributed by atoms with Crippen LogP contribution in [0.1, 0.15) is 33.2 Å². The number of para-hydroxylation sites is 1. The highest BCUT2D eigenvalue weighted by Crippen LogP contribution is 2.43. The van der Waals surface area contributed by atoms with Crippen LogP contribution in [0.25, 0.3) is 10.9 Å². The molecule has 0 saturated carbocycles. The number of carbonyl (C=O) groups excluding carboxylic acids is 2. The molecule has 5 nitrogen and oxygen atoms in total. The number of fused-ring (bicyclic) bond motifs is 2. The first-order chi connectivity index (χ1) is 15.5. The van der Waals surface area contributed by atoms with Crippen LogP contribution in [0.15, 0.2) is 72.8 Å². The number of amides is 2. The standard InChI is InChI=1S/C26H22FN3O2/c1-16-24(21-9-5-6-10-22(21)29(16)2)25-19-7-3-4-8-20(19)26(32)30(25)15-23(31)28-18-13-11-17(27)12-14-18/h3-14,25H,15H2,1-2H3,(H,28,31). The zero-order chi connectivity index (χ0) is 22.4. The molecule has 0 fully saturated rings. The topological polar surface area (TPSA) is 54.3 Å². The number of rotatable bonds is 4. The summed E-state index contributed by atoms with van der Waals surface area (Å²) in [4.78, 5) is 27.9. The molecular formula is C26H22FN3O2. The number of hydrogen-bond acceptors (Lipinski definition) is 2. The Balaban J connectivity index is 1.56. The van der Waals surface area contributed by atoms with Gasteiger partial charge in [-0.15, -0.1) is 0 Å². The van der Waals surface area contributed by atoms with Crippen molar-refractivity contribution in [3.05, 3.63) is 101 Å². The molecule has 2 heterocycles. The average Bonchev–Trinajstić information content (AvgIpc) is 3.21. The van der Waals surface area contributed by atoms with Gasteiger partial charge in [-0.3, -0.25) is 9.59 Å².